The van der Waals surface area contributed by atoms with Crippen LogP contribution in [0.5, 0.6) is 5.75 Å². The van der Waals surface area contributed by atoms with Crippen LogP contribution in [0.15, 0.2) is 0 Å². The second-order valence-corrected chi connectivity index (χ2v) is 6.18. The van der Waals surface area contributed by atoms with Crippen LogP contribution in [0, 0.1) is 5.41 Å². The number of aromatic nitrogens is 1. The largest absolute Gasteiger partial charge is 0.484 e. The molecule has 1 aromatic heterocycles. The molecule has 1 aromatic rings. The quantitative estimate of drug-likeness (QED) is 0.848. The fourth-order valence-electron chi connectivity index (χ4n) is 2.01. The number of nitrogen functional groups attached to an aromatic ring is 1. The van der Waals surface area contributed by atoms with Crippen LogP contribution in [0.25, 0.3) is 0 Å². The minimum atomic E-state index is 0.119. The summed E-state index contributed by atoms with van der Waals surface area (Å²) in [6.45, 7) is 7.28. The standard InChI is InChI=1S/C12H21N3OS/c1-8(2)16-9-10(13)15-17-11(9)14-7-12(3)5-4-6-12/h8,14H,4-7H2,1-3H3,(H2,13,15). The molecule has 1 heterocycles. The van der Waals surface area contributed by atoms with Crippen LogP contribution in [0.1, 0.15) is 40.0 Å². The van der Waals surface area contributed by atoms with Crippen LogP contribution in [-0.4, -0.2) is 17.0 Å². The van der Waals surface area contributed by atoms with Crippen molar-refractivity contribution in [2.24, 2.45) is 5.41 Å². The predicted molar refractivity (Wildman–Crippen MR) is 72.7 cm³/mol. The topological polar surface area (TPSA) is 60.2 Å². The maximum atomic E-state index is 5.81. The Labute approximate surface area is 107 Å². The third kappa shape index (κ3) is 2.83. The highest BCUT2D eigenvalue weighted by Gasteiger charge is 2.32. The highest BCUT2D eigenvalue weighted by atomic mass is 32.1. The summed E-state index contributed by atoms with van der Waals surface area (Å²) in [7, 11) is 0. The molecule has 5 heteroatoms. The van der Waals surface area contributed by atoms with Crippen LogP contribution < -0.4 is 15.8 Å². The molecule has 1 aliphatic rings. The van der Waals surface area contributed by atoms with Gasteiger partial charge in [0, 0.05) is 6.54 Å². The number of hydrogen-bond acceptors (Lipinski definition) is 5. The molecular weight excluding hydrogens is 234 g/mol. The summed E-state index contributed by atoms with van der Waals surface area (Å²) in [4.78, 5) is 0. The molecule has 0 radical (unpaired) electrons. The van der Waals surface area contributed by atoms with Crippen LogP contribution in [0.2, 0.25) is 0 Å². The Morgan fingerprint density at radius 1 is 1.53 bits per heavy atom. The van der Waals surface area contributed by atoms with Crippen molar-refractivity contribution in [3.63, 3.8) is 0 Å². The monoisotopic (exact) mass is 255 g/mol. The zero-order valence-corrected chi connectivity index (χ0v) is 11.6. The maximum Gasteiger partial charge on any atom is 0.197 e. The highest BCUT2D eigenvalue weighted by molar-refractivity contribution is 7.11. The first-order chi connectivity index (χ1) is 8.00. The second kappa shape index (κ2) is 4.72. The number of nitrogens with zero attached hydrogens (tertiary/aromatic N) is 1. The van der Waals surface area contributed by atoms with Crippen molar-refractivity contribution in [3.8, 4) is 5.75 Å². The molecule has 96 valence electrons. The normalized spacial score (nSPS) is 17.9. The zero-order chi connectivity index (χ0) is 12.5. The van der Waals surface area contributed by atoms with Crippen LogP contribution in [0.3, 0.4) is 0 Å². The van der Waals surface area contributed by atoms with Crippen LogP contribution in [0.4, 0.5) is 10.8 Å². The summed E-state index contributed by atoms with van der Waals surface area (Å²) in [6, 6.07) is 0. The summed E-state index contributed by atoms with van der Waals surface area (Å²) >= 11 is 1.38. The van der Waals surface area contributed by atoms with Gasteiger partial charge in [0.05, 0.1) is 6.10 Å². The van der Waals surface area contributed by atoms with Gasteiger partial charge < -0.3 is 15.8 Å². The molecule has 0 aromatic carbocycles. The lowest BCUT2D eigenvalue weighted by atomic mass is 9.70. The lowest BCUT2D eigenvalue weighted by molar-refractivity contribution is 0.179. The summed E-state index contributed by atoms with van der Waals surface area (Å²) in [5.74, 6) is 1.21. The number of nitrogens with one attached hydrogen (secondary N) is 1. The SMILES string of the molecule is CC(C)Oc1c(N)nsc1NCC1(C)CCC1. The maximum absolute atomic E-state index is 5.81. The number of hydrogen-bond donors (Lipinski definition) is 2. The van der Waals surface area contributed by atoms with Gasteiger partial charge in [0.2, 0.25) is 0 Å². The first-order valence-electron chi connectivity index (χ1n) is 6.16. The second-order valence-electron chi connectivity index (χ2n) is 5.41. The molecule has 1 saturated carbocycles. The van der Waals surface area contributed by atoms with Crippen molar-refractivity contribution in [1.29, 1.82) is 0 Å². The average molecular weight is 255 g/mol. The van der Waals surface area contributed by atoms with E-state index in [9.17, 15) is 0 Å². The first kappa shape index (κ1) is 12.5. The van der Waals surface area contributed by atoms with E-state index in [1.807, 2.05) is 13.8 Å². The number of anilines is 2. The van der Waals surface area contributed by atoms with Gasteiger partial charge in [0.1, 0.15) is 0 Å². The minimum Gasteiger partial charge on any atom is -0.484 e. The Morgan fingerprint density at radius 2 is 2.24 bits per heavy atom. The number of rotatable bonds is 5. The third-order valence-corrected chi connectivity index (χ3v) is 4.06. The Kier molecular flexibility index (Phi) is 3.47. The van der Waals surface area contributed by atoms with E-state index in [1.165, 1.54) is 30.8 Å². The third-order valence-electron chi connectivity index (χ3n) is 3.26. The van der Waals surface area contributed by atoms with E-state index in [0.29, 0.717) is 17.0 Å². The van der Waals surface area contributed by atoms with Crippen LogP contribution in [-0.2, 0) is 0 Å². The number of nitrogens with two attached hydrogens (primary N) is 1. The highest BCUT2D eigenvalue weighted by Crippen LogP contribution is 2.42. The summed E-state index contributed by atoms with van der Waals surface area (Å²) in [5, 5.41) is 4.40. The van der Waals surface area contributed by atoms with E-state index < -0.39 is 0 Å². The molecule has 0 spiro atoms. The lowest BCUT2D eigenvalue weighted by Gasteiger charge is -2.38. The number of ether oxygens (including phenoxy) is 1. The Morgan fingerprint density at radius 3 is 2.76 bits per heavy atom. The molecule has 4 nitrogen and oxygen atoms in total. The van der Waals surface area contributed by atoms with E-state index >= 15 is 0 Å². The van der Waals surface area contributed by atoms with E-state index in [1.54, 1.807) is 0 Å². The summed E-state index contributed by atoms with van der Waals surface area (Å²) < 4.78 is 9.84. The van der Waals surface area contributed by atoms with Crippen molar-refractivity contribution in [2.75, 3.05) is 17.6 Å². The van der Waals surface area contributed by atoms with Gasteiger partial charge >= 0.3 is 0 Å². The average Bonchev–Trinajstić information content (AvgIpc) is 2.54. The Balaban J connectivity index is 2.00. The van der Waals surface area contributed by atoms with Gasteiger partial charge in [0.15, 0.2) is 16.6 Å². The predicted octanol–water partition coefficient (Wildman–Crippen LogP) is 3.11. The van der Waals surface area contributed by atoms with Gasteiger partial charge in [-0.3, -0.25) is 0 Å². The molecular formula is C12H21N3OS. The molecule has 1 fully saturated rings. The van der Waals surface area contributed by atoms with E-state index in [-0.39, 0.29) is 6.10 Å². The fourth-order valence-corrected chi connectivity index (χ4v) is 2.65. The summed E-state index contributed by atoms with van der Waals surface area (Å²) in [6.07, 6.45) is 4.07. The lowest BCUT2D eigenvalue weighted by Crippen LogP contribution is -2.33. The van der Waals surface area contributed by atoms with E-state index in [2.05, 4.69) is 16.6 Å². The molecule has 0 amide bonds. The molecule has 1 aliphatic carbocycles. The van der Waals surface area contributed by atoms with Crippen molar-refractivity contribution in [3.05, 3.63) is 0 Å². The summed E-state index contributed by atoms with van der Waals surface area (Å²) in [5.41, 5.74) is 6.25. The van der Waals surface area contributed by atoms with E-state index in [0.717, 1.165) is 11.5 Å². The molecule has 17 heavy (non-hydrogen) atoms. The van der Waals surface area contributed by atoms with Gasteiger partial charge in [-0.25, -0.2) is 0 Å². The van der Waals surface area contributed by atoms with Crippen molar-refractivity contribution < 1.29 is 4.74 Å². The van der Waals surface area contributed by atoms with Gasteiger partial charge in [-0.05, 0) is 43.6 Å². The van der Waals surface area contributed by atoms with Crippen molar-refractivity contribution >= 4 is 22.4 Å². The van der Waals surface area contributed by atoms with Gasteiger partial charge in [-0.15, -0.1) is 0 Å². The minimum absolute atomic E-state index is 0.119. The van der Waals surface area contributed by atoms with E-state index in [4.69, 9.17) is 10.5 Å². The first-order valence-corrected chi connectivity index (χ1v) is 6.93. The zero-order valence-electron chi connectivity index (χ0n) is 10.7. The molecule has 3 N–H and O–H groups in total. The van der Waals surface area contributed by atoms with Crippen LogP contribution >= 0.6 is 11.5 Å². The Hall–Kier alpha value is -0.970. The molecule has 2 rings (SSSR count). The smallest absolute Gasteiger partial charge is 0.197 e. The van der Waals surface area contributed by atoms with Crippen molar-refractivity contribution in [1.82, 2.24) is 4.37 Å². The molecule has 0 aliphatic heterocycles. The Bertz CT molecular complexity index is 385. The molecule has 0 unspecified atom stereocenters. The molecule has 0 atom stereocenters. The molecule has 0 bridgehead atoms. The van der Waals surface area contributed by atoms with Gasteiger partial charge in [0.25, 0.3) is 0 Å². The van der Waals surface area contributed by atoms with Gasteiger partial charge in [-0.1, -0.05) is 13.3 Å². The fraction of sp³-hybridized carbons (Fsp3) is 0.750. The van der Waals surface area contributed by atoms with Gasteiger partial charge in [-0.2, -0.15) is 4.37 Å². The molecule has 0 saturated heterocycles. The van der Waals surface area contributed by atoms with Crippen molar-refractivity contribution in [2.45, 2.75) is 46.1 Å².